The second-order valence-electron chi connectivity index (χ2n) is 5.77. The number of ketones is 1. The summed E-state index contributed by atoms with van der Waals surface area (Å²) in [5, 5.41) is 0. The smallest absolute Gasteiger partial charge is 0.160 e. The number of carbonyl (C=O) groups is 1. The average Bonchev–Trinajstić information content (AvgIpc) is 2.63. The largest absolute Gasteiger partial charge is 0.299 e. The molecule has 3 aromatic rings. The van der Waals surface area contributed by atoms with Crippen LogP contribution in [0.25, 0.3) is 22.6 Å². The molecule has 0 aliphatic heterocycles. The van der Waals surface area contributed by atoms with Gasteiger partial charge < -0.3 is 0 Å². The average molecular weight is 316 g/mol. The molecule has 3 nitrogen and oxygen atoms in total. The molecule has 0 N–H and O–H groups in total. The molecule has 3 heteroatoms. The van der Waals surface area contributed by atoms with E-state index >= 15 is 0 Å². The van der Waals surface area contributed by atoms with E-state index in [9.17, 15) is 4.79 Å². The molecule has 0 aliphatic carbocycles. The van der Waals surface area contributed by atoms with E-state index in [4.69, 9.17) is 4.98 Å². The molecule has 0 unspecified atom stereocenters. The van der Waals surface area contributed by atoms with Crippen molar-refractivity contribution in [2.24, 2.45) is 0 Å². The van der Waals surface area contributed by atoms with Crippen LogP contribution in [-0.2, 0) is 11.2 Å². The summed E-state index contributed by atoms with van der Waals surface area (Å²) in [6.45, 7) is 2.02. The van der Waals surface area contributed by atoms with Crippen LogP contribution in [0.4, 0.5) is 0 Å². The third-order valence-electron chi connectivity index (χ3n) is 3.79. The van der Waals surface area contributed by atoms with Gasteiger partial charge in [0.15, 0.2) is 5.82 Å². The molecule has 0 saturated heterocycles. The summed E-state index contributed by atoms with van der Waals surface area (Å²) in [5.74, 6) is 0.880. The van der Waals surface area contributed by atoms with E-state index in [1.54, 1.807) is 0 Å². The van der Waals surface area contributed by atoms with Crippen molar-refractivity contribution in [3.8, 4) is 22.6 Å². The molecule has 0 radical (unpaired) electrons. The van der Waals surface area contributed by atoms with E-state index in [0.717, 1.165) is 28.9 Å². The Labute approximate surface area is 142 Å². The van der Waals surface area contributed by atoms with Crippen molar-refractivity contribution in [2.45, 2.75) is 26.2 Å². The summed E-state index contributed by atoms with van der Waals surface area (Å²) in [4.78, 5) is 21.4. The number of aromatic nitrogens is 2. The first-order valence-corrected chi connectivity index (χ1v) is 8.27. The lowest BCUT2D eigenvalue weighted by Gasteiger charge is -2.08. The molecule has 0 saturated carbocycles. The molecule has 0 fully saturated rings. The Balaban J connectivity index is 2.04. The summed E-state index contributed by atoms with van der Waals surface area (Å²) in [6.07, 6.45) is 1.81. The molecule has 0 bridgehead atoms. The van der Waals surface area contributed by atoms with Crippen LogP contribution in [0, 0.1) is 0 Å². The first-order valence-electron chi connectivity index (χ1n) is 8.27. The van der Waals surface area contributed by atoms with E-state index < -0.39 is 0 Å². The number of nitrogens with zero attached hydrogens (tertiary/aromatic N) is 2. The highest BCUT2D eigenvalue weighted by Gasteiger charge is 2.11. The third-order valence-corrected chi connectivity index (χ3v) is 3.79. The summed E-state index contributed by atoms with van der Waals surface area (Å²) < 4.78 is 0. The molecule has 0 amide bonds. The first kappa shape index (κ1) is 16.1. The van der Waals surface area contributed by atoms with Gasteiger partial charge in [-0.1, -0.05) is 67.6 Å². The monoisotopic (exact) mass is 316 g/mol. The van der Waals surface area contributed by atoms with Gasteiger partial charge in [-0.15, -0.1) is 0 Å². The van der Waals surface area contributed by atoms with Crippen molar-refractivity contribution < 1.29 is 4.79 Å². The number of carbonyl (C=O) groups excluding carboxylic acids is 1. The number of rotatable bonds is 6. The zero-order chi connectivity index (χ0) is 16.8. The third kappa shape index (κ3) is 3.93. The van der Waals surface area contributed by atoms with Crippen LogP contribution < -0.4 is 0 Å². The maximum Gasteiger partial charge on any atom is 0.160 e. The van der Waals surface area contributed by atoms with E-state index in [2.05, 4.69) is 4.98 Å². The highest BCUT2D eigenvalue weighted by molar-refractivity contribution is 5.81. The minimum absolute atomic E-state index is 0.217. The molecule has 3 rings (SSSR count). The highest BCUT2D eigenvalue weighted by atomic mass is 16.1. The van der Waals surface area contributed by atoms with Crippen LogP contribution in [0.15, 0.2) is 66.7 Å². The highest BCUT2D eigenvalue weighted by Crippen LogP contribution is 2.22. The lowest BCUT2D eigenvalue weighted by Crippen LogP contribution is -2.06. The van der Waals surface area contributed by atoms with Crippen LogP contribution in [0.3, 0.4) is 0 Å². The second-order valence-corrected chi connectivity index (χ2v) is 5.77. The van der Waals surface area contributed by atoms with E-state index in [1.807, 2.05) is 73.7 Å². The molecule has 2 aromatic carbocycles. The van der Waals surface area contributed by atoms with Gasteiger partial charge in [0, 0.05) is 24.0 Å². The van der Waals surface area contributed by atoms with E-state index in [0.29, 0.717) is 18.7 Å². The molecule has 0 atom stereocenters. The van der Waals surface area contributed by atoms with Gasteiger partial charge in [0.05, 0.1) is 11.4 Å². The minimum atomic E-state index is 0.217. The van der Waals surface area contributed by atoms with E-state index in [1.165, 1.54) is 0 Å². The minimum Gasteiger partial charge on any atom is -0.299 e. The Bertz CT molecular complexity index is 756. The summed E-state index contributed by atoms with van der Waals surface area (Å²) in [6, 6.07) is 21.8. The number of hydrogen-bond donors (Lipinski definition) is 0. The summed E-state index contributed by atoms with van der Waals surface area (Å²) in [5.41, 5.74) is 3.62. The molecule has 0 spiro atoms. The Morgan fingerprint density at radius 1 is 0.875 bits per heavy atom. The van der Waals surface area contributed by atoms with Crippen molar-refractivity contribution in [3.05, 3.63) is 72.4 Å². The fourth-order valence-corrected chi connectivity index (χ4v) is 2.63. The summed E-state index contributed by atoms with van der Waals surface area (Å²) >= 11 is 0. The van der Waals surface area contributed by atoms with Crippen molar-refractivity contribution in [2.75, 3.05) is 0 Å². The van der Waals surface area contributed by atoms with Crippen LogP contribution in [0.2, 0.25) is 0 Å². The van der Waals surface area contributed by atoms with Gasteiger partial charge in [-0.2, -0.15) is 0 Å². The maximum absolute atomic E-state index is 12.0. The Kier molecular flexibility index (Phi) is 5.12. The number of benzene rings is 2. The lowest BCUT2D eigenvalue weighted by atomic mass is 10.1. The van der Waals surface area contributed by atoms with Gasteiger partial charge >= 0.3 is 0 Å². The maximum atomic E-state index is 12.0. The number of Topliss-reactive ketones (excluding diaryl/α,β-unsaturated/α-hetero) is 1. The predicted octanol–water partition coefficient (Wildman–Crippen LogP) is 4.72. The van der Waals surface area contributed by atoms with Gasteiger partial charge in [0.25, 0.3) is 0 Å². The quantitative estimate of drug-likeness (QED) is 0.660. The van der Waals surface area contributed by atoms with Crippen molar-refractivity contribution in [1.29, 1.82) is 0 Å². The molecule has 0 aliphatic rings. The first-order chi connectivity index (χ1) is 11.8. The van der Waals surface area contributed by atoms with Crippen LogP contribution in [0.5, 0.6) is 0 Å². The zero-order valence-electron chi connectivity index (χ0n) is 13.8. The van der Waals surface area contributed by atoms with Gasteiger partial charge in [-0.3, -0.25) is 4.79 Å². The van der Waals surface area contributed by atoms with Crippen LogP contribution in [0.1, 0.15) is 25.5 Å². The predicted molar refractivity (Wildman–Crippen MR) is 96.5 cm³/mol. The van der Waals surface area contributed by atoms with Crippen LogP contribution in [-0.4, -0.2) is 15.8 Å². The van der Waals surface area contributed by atoms with Gasteiger partial charge in [-0.25, -0.2) is 9.97 Å². The molecule has 1 aromatic heterocycles. The molecular formula is C21H20N2O. The van der Waals surface area contributed by atoms with Crippen molar-refractivity contribution in [3.63, 3.8) is 0 Å². The molecule has 24 heavy (non-hydrogen) atoms. The second kappa shape index (κ2) is 7.64. The van der Waals surface area contributed by atoms with E-state index in [-0.39, 0.29) is 5.78 Å². The van der Waals surface area contributed by atoms with Crippen LogP contribution >= 0.6 is 0 Å². The van der Waals surface area contributed by atoms with Gasteiger partial charge in [-0.05, 0) is 12.5 Å². The van der Waals surface area contributed by atoms with Crippen molar-refractivity contribution in [1.82, 2.24) is 9.97 Å². The van der Waals surface area contributed by atoms with Gasteiger partial charge in [0.2, 0.25) is 0 Å². The zero-order valence-corrected chi connectivity index (χ0v) is 13.8. The molecule has 120 valence electrons. The topological polar surface area (TPSA) is 42.9 Å². The fraction of sp³-hybridized carbons (Fsp3) is 0.190. The Morgan fingerprint density at radius 3 is 2.12 bits per heavy atom. The SMILES string of the molecule is CCCC(=O)Cc1cc(-c2ccccc2)nc(-c2ccccc2)n1. The molecule has 1 heterocycles. The number of hydrogen-bond acceptors (Lipinski definition) is 3. The normalized spacial score (nSPS) is 10.5. The van der Waals surface area contributed by atoms with Gasteiger partial charge in [0.1, 0.15) is 5.78 Å². The standard InChI is InChI=1S/C21H20N2O/c1-2-9-19(24)14-18-15-20(16-10-5-3-6-11-16)23-21(22-18)17-12-7-4-8-13-17/h3-8,10-13,15H,2,9,14H2,1H3. The summed E-state index contributed by atoms with van der Waals surface area (Å²) in [7, 11) is 0. The molecular weight excluding hydrogens is 296 g/mol. The Hall–Kier alpha value is -2.81. The lowest BCUT2D eigenvalue weighted by molar-refractivity contribution is -0.118. The van der Waals surface area contributed by atoms with Crippen molar-refractivity contribution >= 4 is 5.78 Å². The Morgan fingerprint density at radius 2 is 1.50 bits per heavy atom. The fourth-order valence-electron chi connectivity index (χ4n) is 2.63.